The maximum absolute atomic E-state index is 12.5. The van der Waals surface area contributed by atoms with E-state index in [9.17, 15) is 9.59 Å². The van der Waals surface area contributed by atoms with Gasteiger partial charge in [0.1, 0.15) is 0 Å². The van der Waals surface area contributed by atoms with Crippen LogP contribution in [-0.2, 0) is 4.74 Å². The van der Waals surface area contributed by atoms with Crippen LogP contribution < -0.4 is 5.43 Å². The van der Waals surface area contributed by atoms with E-state index in [1.165, 1.54) is 0 Å². The molecule has 4 aromatic rings. The molecule has 0 saturated carbocycles. The Bertz CT molecular complexity index is 1370. The van der Waals surface area contributed by atoms with E-state index in [2.05, 4.69) is 10.5 Å². The predicted octanol–water partition coefficient (Wildman–Crippen LogP) is 5.19. The molecule has 4 rings (SSSR count). The second kappa shape index (κ2) is 9.53. The molecule has 6 nitrogen and oxygen atoms in total. The Kier molecular flexibility index (Phi) is 6.36. The third kappa shape index (κ3) is 4.70. The van der Waals surface area contributed by atoms with Crippen molar-refractivity contribution < 1.29 is 14.3 Å². The second-order valence-electron chi connectivity index (χ2n) is 7.69. The molecule has 1 amide bonds. The third-order valence-corrected chi connectivity index (χ3v) is 5.47. The molecule has 33 heavy (non-hydrogen) atoms. The van der Waals surface area contributed by atoms with Gasteiger partial charge in [-0.25, -0.2) is 10.2 Å². The Morgan fingerprint density at radius 2 is 1.73 bits per heavy atom. The summed E-state index contributed by atoms with van der Waals surface area (Å²) in [5.74, 6) is -0.618. The summed E-state index contributed by atoms with van der Waals surface area (Å²) in [4.78, 5) is 24.6. The minimum atomic E-state index is -0.347. The molecule has 0 atom stereocenters. The van der Waals surface area contributed by atoms with Crippen molar-refractivity contribution in [1.29, 1.82) is 0 Å². The number of esters is 1. The number of hydrogen-bond acceptors (Lipinski definition) is 4. The topological polar surface area (TPSA) is 72.7 Å². The van der Waals surface area contributed by atoms with Crippen molar-refractivity contribution in [3.63, 3.8) is 0 Å². The number of fused-ring (bicyclic) bond motifs is 1. The highest BCUT2D eigenvalue weighted by Crippen LogP contribution is 2.21. The van der Waals surface area contributed by atoms with Gasteiger partial charge < -0.3 is 9.30 Å². The predicted molar refractivity (Wildman–Crippen MR) is 130 cm³/mol. The first kappa shape index (κ1) is 22.0. The Morgan fingerprint density at radius 3 is 2.52 bits per heavy atom. The lowest BCUT2D eigenvalue weighted by Gasteiger charge is -2.11. The summed E-state index contributed by atoms with van der Waals surface area (Å²) in [6.45, 7) is 6.06. The summed E-state index contributed by atoms with van der Waals surface area (Å²) in [7, 11) is 0. The van der Waals surface area contributed by atoms with Crippen LogP contribution in [0.1, 0.15) is 44.6 Å². The van der Waals surface area contributed by atoms with Gasteiger partial charge >= 0.3 is 5.97 Å². The number of aromatic nitrogens is 1. The van der Waals surface area contributed by atoms with Crippen LogP contribution in [0.2, 0.25) is 0 Å². The van der Waals surface area contributed by atoms with Crippen LogP contribution in [0, 0.1) is 13.8 Å². The molecule has 1 N–H and O–H groups in total. The fourth-order valence-electron chi connectivity index (χ4n) is 3.86. The van der Waals surface area contributed by atoms with Gasteiger partial charge in [-0.1, -0.05) is 36.4 Å². The number of carbonyl (C=O) groups is 2. The number of benzene rings is 3. The first-order valence-electron chi connectivity index (χ1n) is 10.8. The van der Waals surface area contributed by atoms with Gasteiger partial charge in [-0.15, -0.1) is 0 Å². The molecule has 0 radical (unpaired) electrons. The lowest BCUT2D eigenvalue weighted by atomic mass is 10.1. The summed E-state index contributed by atoms with van der Waals surface area (Å²) < 4.78 is 7.15. The average molecular weight is 440 g/mol. The summed E-state index contributed by atoms with van der Waals surface area (Å²) in [6, 6.07) is 22.7. The number of ether oxygens (including phenoxy) is 1. The van der Waals surface area contributed by atoms with Crippen LogP contribution in [0.25, 0.3) is 16.5 Å². The first-order chi connectivity index (χ1) is 16.0. The first-order valence-corrected chi connectivity index (χ1v) is 10.8. The normalized spacial score (nSPS) is 11.1. The van der Waals surface area contributed by atoms with Gasteiger partial charge in [0.25, 0.3) is 5.91 Å². The number of nitrogens with zero attached hydrogens (tertiary/aromatic N) is 2. The Balaban J connectivity index is 1.52. The zero-order valence-electron chi connectivity index (χ0n) is 18.8. The molecule has 6 heteroatoms. The zero-order chi connectivity index (χ0) is 23.4. The largest absolute Gasteiger partial charge is 0.462 e. The van der Waals surface area contributed by atoms with Gasteiger partial charge in [0.15, 0.2) is 0 Å². The van der Waals surface area contributed by atoms with Crippen LogP contribution in [0.4, 0.5) is 0 Å². The quantitative estimate of drug-likeness (QED) is 0.255. The van der Waals surface area contributed by atoms with Crippen molar-refractivity contribution in [1.82, 2.24) is 9.99 Å². The van der Waals surface area contributed by atoms with E-state index in [1.807, 2.05) is 73.0 Å². The van der Waals surface area contributed by atoms with E-state index in [1.54, 1.807) is 31.3 Å². The maximum atomic E-state index is 12.5. The van der Waals surface area contributed by atoms with Crippen molar-refractivity contribution in [3.05, 3.63) is 101 Å². The van der Waals surface area contributed by atoms with Gasteiger partial charge in [-0.05, 0) is 67.9 Å². The smallest absolute Gasteiger partial charge is 0.338 e. The van der Waals surface area contributed by atoms with Crippen LogP contribution >= 0.6 is 0 Å². The molecule has 0 saturated heterocycles. The molecule has 0 aliphatic carbocycles. The van der Waals surface area contributed by atoms with E-state index in [0.29, 0.717) is 17.7 Å². The Hall–Kier alpha value is -4.19. The zero-order valence-corrected chi connectivity index (χ0v) is 18.8. The fourth-order valence-corrected chi connectivity index (χ4v) is 3.86. The van der Waals surface area contributed by atoms with Crippen LogP contribution in [-0.4, -0.2) is 29.3 Å². The van der Waals surface area contributed by atoms with E-state index in [4.69, 9.17) is 4.74 Å². The summed E-state index contributed by atoms with van der Waals surface area (Å²) >= 11 is 0. The minimum absolute atomic E-state index is 0.270. The average Bonchev–Trinajstić information content (AvgIpc) is 3.11. The number of hydrazone groups is 1. The highest BCUT2D eigenvalue weighted by Gasteiger charge is 2.13. The molecule has 0 spiro atoms. The lowest BCUT2D eigenvalue weighted by molar-refractivity contribution is 0.0526. The summed E-state index contributed by atoms with van der Waals surface area (Å²) in [5, 5.41) is 6.25. The molecular weight excluding hydrogens is 414 g/mol. The van der Waals surface area contributed by atoms with E-state index in [-0.39, 0.29) is 11.9 Å². The third-order valence-electron chi connectivity index (χ3n) is 5.47. The maximum Gasteiger partial charge on any atom is 0.338 e. The molecule has 0 unspecified atom stereocenters. The standard InChI is InChI=1S/C27H25N3O3/c1-4-33-27(32)23-10-7-11-25(16-23)30-18(2)14-24(19(30)3)17-28-29-26(31)22-13-12-20-8-5-6-9-21(20)15-22/h5-17H,4H2,1-3H3,(H,29,31). The minimum Gasteiger partial charge on any atom is -0.462 e. The summed E-state index contributed by atoms with van der Waals surface area (Å²) in [6.07, 6.45) is 1.63. The lowest BCUT2D eigenvalue weighted by Crippen LogP contribution is -2.17. The molecule has 1 aromatic heterocycles. The Morgan fingerprint density at radius 1 is 0.939 bits per heavy atom. The van der Waals surface area contributed by atoms with Crippen LogP contribution in [0.15, 0.2) is 77.9 Å². The van der Waals surface area contributed by atoms with Gasteiger partial charge in [0.2, 0.25) is 0 Å². The van der Waals surface area contributed by atoms with Crippen molar-refractivity contribution in [2.75, 3.05) is 6.61 Å². The number of nitrogens with one attached hydrogen (secondary N) is 1. The number of aryl methyl sites for hydroxylation is 1. The molecule has 0 aliphatic heterocycles. The summed E-state index contributed by atoms with van der Waals surface area (Å²) in [5.41, 5.74) is 7.30. The van der Waals surface area contributed by atoms with Gasteiger partial charge in [0.05, 0.1) is 18.4 Å². The SMILES string of the molecule is CCOC(=O)c1cccc(-n2c(C)cc(C=NNC(=O)c3ccc4ccccc4c3)c2C)c1. The number of rotatable bonds is 6. The molecule has 166 valence electrons. The Labute approximate surface area is 192 Å². The van der Waals surface area contributed by atoms with Crippen molar-refractivity contribution >= 4 is 28.9 Å². The number of carbonyl (C=O) groups excluding carboxylic acids is 2. The highest BCUT2D eigenvalue weighted by atomic mass is 16.5. The van der Waals surface area contributed by atoms with E-state index < -0.39 is 0 Å². The van der Waals surface area contributed by atoms with Gasteiger partial charge in [0, 0.05) is 28.2 Å². The van der Waals surface area contributed by atoms with Crippen LogP contribution in [0.5, 0.6) is 0 Å². The molecule has 0 bridgehead atoms. The van der Waals surface area contributed by atoms with Gasteiger partial charge in [-0.3, -0.25) is 4.79 Å². The number of hydrogen-bond donors (Lipinski definition) is 1. The van der Waals surface area contributed by atoms with Crippen molar-refractivity contribution in [3.8, 4) is 5.69 Å². The second-order valence-corrected chi connectivity index (χ2v) is 7.69. The molecule has 0 aliphatic rings. The van der Waals surface area contributed by atoms with Crippen molar-refractivity contribution in [2.24, 2.45) is 5.10 Å². The van der Waals surface area contributed by atoms with E-state index >= 15 is 0 Å². The molecular formula is C27H25N3O3. The number of amides is 1. The molecule has 1 heterocycles. The van der Waals surface area contributed by atoms with E-state index in [0.717, 1.165) is 33.4 Å². The molecule has 3 aromatic carbocycles. The monoisotopic (exact) mass is 439 g/mol. The fraction of sp³-hybridized carbons (Fsp3) is 0.148. The van der Waals surface area contributed by atoms with Crippen LogP contribution in [0.3, 0.4) is 0 Å². The highest BCUT2D eigenvalue weighted by molar-refractivity contribution is 5.99. The van der Waals surface area contributed by atoms with Crippen molar-refractivity contribution in [2.45, 2.75) is 20.8 Å². The van der Waals surface area contributed by atoms with Gasteiger partial charge in [-0.2, -0.15) is 5.10 Å². The molecule has 0 fully saturated rings.